The molecule has 4 rings (SSSR count). The highest BCUT2D eigenvalue weighted by Gasteiger charge is 2.23. The van der Waals surface area contributed by atoms with Crippen LogP contribution in [-0.4, -0.2) is 0 Å². The van der Waals surface area contributed by atoms with Crippen LogP contribution in [0.1, 0.15) is 25.0 Å². The molecule has 0 aliphatic carbocycles. The average molecular weight is 441 g/mol. The van der Waals surface area contributed by atoms with Crippen LogP contribution in [0, 0.1) is 0 Å². The molecule has 0 aromatic heterocycles. The number of nitrogen functional groups attached to an aromatic ring is 4. The summed E-state index contributed by atoms with van der Waals surface area (Å²) in [6, 6.07) is 26.4. The Morgan fingerprint density at radius 1 is 0.455 bits per heavy atom. The zero-order chi connectivity index (χ0) is 23.6. The van der Waals surface area contributed by atoms with Crippen LogP contribution in [0.25, 0.3) is 0 Å². The Hall–Kier alpha value is -4.32. The van der Waals surface area contributed by atoms with Gasteiger partial charge in [0, 0.05) is 52.4 Å². The number of rotatable bonds is 6. The van der Waals surface area contributed by atoms with Crippen LogP contribution >= 0.6 is 0 Å². The van der Waals surface area contributed by atoms with Gasteiger partial charge in [-0.3, -0.25) is 0 Å². The fraction of sp³-hybridized carbons (Fsp3) is 0.111. The van der Waals surface area contributed by atoms with E-state index in [0.717, 1.165) is 11.1 Å². The smallest absolute Gasteiger partial charge is 0.131 e. The molecule has 6 nitrogen and oxygen atoms in total. The Kier molecular flexibility index (Phi) is 5.75. The van der Waals surface area contributed by atoms with Gasteiger partial charge in [-0.2, -0.15) is 0 Å². The highest BCUT2D eigenvalue weighted by atomic mass is 16.5. The molecule has 0 aliphatic rings. The summed E-state index contributed by atoms with van der Waals surface area (Å²) in [5, 5.41) is 0. The van der Waals surface area contributed by atoms with Gasteiger partial charge >= 0.3 is 0 Å². The summed E-state index contributed by atoms with van der Waals surface area (Å²) in [5.41, 5.74) is 27.7. The van der Waals surface area contributed by atoms with E-state index in [4.69, 9.17) is 32.4 Å². The lowest BCUT2D eigenvalue weighted by molar-refractivity contribution is 0.482. The van der Waals surface area contributed by atoms with Crippen LogP contribution in [0.2, 0.25) is 0 Å². The van der Waals surface area contributed by atoms with Crippen LogP contribution in [0.5, 0.6) is 23.0 Å². The predicted octanol–water partition coefficient (Wildman–Crippen LogP) is 5.93. The SMILES string of the molecule is CC(C)(c1ccc(Oc2cc(N)cc(N)c2)cc1)c1ccc(Oc2cc(N)cc(N)c2)cc1. The lowest BCUT2D eigenvalue weighted by Gasteiger charge is -2.26. The third kappa shape index (κ3) is 5.13. The molecular formula is C27H28N4O2. The van der Waals surface area contributed by atoms with Gasteiger partial charge in [0.1, 0.15) is 23.0 Å². The van der Waals surface area contributed by atoms with Crippen molar-refractivity contribution < 1.29 is 9.47 Å². The molecule has 0 bridgehead atoms. The molecule has 0 aliphatic heterocycles. The number of hydrogen-bond donors (Lipinski definition) is 4. The van der Waals surface area contributed by atoms with E-state index in [1.54, 1.807) is 36.4 Å². The molecule has 8 N–H and O–H groups in total. The molecule has 33 heavy (non-hydrogen) atoms. The van der Waals surface area contributed by atoms with Crippen LogP contribution in [0.15, 0.2) is 84.9 Å². The van der Waals surface area contributed by atoms with E-state index in [9.17, 15) is 0 Å². The average Bonchev–Trinajstić information content (AvgIpc) is 2.73. The van der Waals surface area contributed by atoms with Gasteiger partial charge in [-0.05, 0) is 47.5 Å². The summed E-state index contributed by atoms with van der Waals surface area (Å²) in [6.45, 7) is 4.35. The van der Waals surface area contributed by atoms with Gasteiger partial charge < -0.3 is 32.4 Å². The van der Waals surface area contributed by atoms with Crippen LogP contribution in [0.3, 0.4) is 0 Å². The number of ether oxygens (including phenoxy) is 2. The van der Waals surface area contributed by atoms with Gasteiger partial charge in [-0.15, -0.1) is 0 Å². The summed E-state index contributed by atoms with van der Waals surface area (Å²) in [7, 11) is 0. The van der Waals surface area contributed by atoms with Gasteiger partial charge in [0.15, 0.2) is 0 Å². The summed E-state index contributed by atoms with van der Waals surface area (Å²) in [6.07, 6.45) is 0. The fourth-order valence-corrected chi connectivity index (χ4v) is 3.73. The van der Waals surface area contributed by atoms with E-state index < -0.39 is 0 Å². The molecule has 168 valence electrons. The standard InChI is InChI=1S/C27H28N4O2/c1-27(2,17-3-7-23(8-4-17)32-25-13-19(28)11-20(29)14-25)18-5-9-24(10-6-18)33-26-15-21(30)12-22(31)16-26/h3-16H,28-31H2,1-2H3. The molecule has 0 unspecified atom stereocenters. The van der Waals surface area contributed by atoms with Crippen molar-refractivity contribution in [3.05, 3.63) is 96.1 Å². The van der Waals surface area contributed by atoms with Gasteiger partial charge in [-0.1, -0.05) is 38.1 Å². The number of benzene rings is 4. The molecule has 0 fully saturated rings. The van der Waals surface area contributed by atoms with Gasteiger partial charge in [0.05, 0.1) is 0 Å². The van der Waals surface area contributed by atoms with Crippen LogP contribution in [0.4, 0.5) is 22.7 Å². The summed E-state index contributed by atoms with van der Waals surface area (Å²) < 4.78 is 11.8. The van der Waals surface area contributed by atoms with Gasteiger partial charge in [-0.25, -0.2) is 0 Å². The largest absolute Gasteiger partial charge is 0.457 e. The third-order valence-electron chi connectivity index (χ3n) is 5.53. The highest BCUT2D eigenvalue weighted by Crippen LogP contribution is 2.35. The van der Waals surface area contributed by atoms with E-state index in [-0.39, 0.29) is 5.41 Å². The van der Waals surface area contributed by atoms with Crippen molar-refractivity contribution >= 4 is 22.7 Å². The molecule has 0 amide bonds. The van der Waals surface area contributed by atoms with E-state index in [0.29, 0.717) is 45.7 Å². The zero-order valence-corrected chi connectivity index (χ0v) is 18.7. The molecule has 4 aromatic carbocycles. The second-order valence-electron chi connectivity index (χ2n) is 8.55. The molecule has 0 heterocycles. The lowest BCUT2D eigenvalue weighted by Crippen LogP contribution is -2.18. The first-order valence-electron chi connectivity index (χ1n) is 10.6. The van der Waals surface area contributed by atoms with Crippen LogP contribution < -0.4 is 32.4 Å². The Morgan fingerprint density at radius 3 is 1.06 bits per heavy atom. The molecule has 4 aromatic rings. The molecule has 6 heteroatoms. The zero-order valence-electron chi connectivity index (χ0n) is 18.7. The summed E-state index contributed by atoms with van der Waals surface area (Å²) >= 11 is 0. The topological polar surface area (TPSA) is 123 Å². The predicted molar refractivity (Wildman–Crippen MR) is 136 cm³/mol. The second kappa shape index (κ2) is 8.67. The molecule has 0 radical (unpaired) electrons. The highest BCUT2D eigenvalue weighted by molar-refractivity contribution is 5.58. The van der Waals surface area contributed by atoms with Crippen molar-refractivity contribution in [3.8, 4) is 23.0 Å². The maximum Gasteiger partial charge on any atom is 0.131 e. The Balaban J connectivity index is 1.49. The van der Waals surface area contributed by atoms with Crippen molar-refractivity contribution in [3.63, 3.8) is 0 Å². The van der Waals surface area contributed by atoms with Crippen molar-refractivity contribution in [2.24, 2.45) is 0 Å². The molecule has 0 atom stereocenters. The molecule has 0 saturated carbocycles. The van der Waals surface area contributed by atoms with Gasteiger partial charge in [0.2, 0.25) is 0 Å². The van der Waals surface area contributed by atoms with Crippen molar-refractivity contribution in [2.45, 2.75) is 19.3 Å². The fourth-order valence-electron chi connectivity index (χ4n) is 3.73. The first-order valence-corrected chi connectivity index (χ1v) is 10.6. The van der Waals surface area contributed by atoms with E-state index in [1.165, 1.54) is 0 Å². The van der Waals surface area contributed by atoms with Crippen molar-refractivity contribution in [1.82, 2.24) is 0 Å². The quantitative estimate of drug-likeness (QED) is 0.276. The maximum atomic E-state index is 5.91. The Labute approximate surface area is 193 Å². The minimum atomic E-state index is -0.222. The molecule has 0 saturated heterocycles. The number of nitrogens with two attached hydrogens (primary N) is 4. The minimum Gasteiger partial charge on any atom is -0.457 e. The van der Waals surface area contributed by atoms with E-state index in [2.05, 4.69) is 38.1 Å². The lowest BCUT2D eigenvalue weighted by atomic mass is 9.78. The van der Waals surface area contributed by atoms with Crippen molar-refractivity contribution in [2.75, 3.05) is 22.9 Å². The van der Waals surface area contributed by atoms with E-state index >= 15 is 0 Å². The van der Waals surface area contributed by atoms with Crippen molar-refractivity contribution in [1.29, 1.82) is 0 Å². The van der Waals surface area contributed by atoms with E-state index in [1.807, 2.05) is 24.3 Å². The minimum absolute atomic E-state index is 0.222. The number of hydrogen-bond acceptors (Lipinski definition) is 6. The normalized spacial score (nSPS) is 11.2. The Morgan fingerprint density at radius 2 is 0.758 bits per heavy atom. The van der Waals surface area contributed by atoms with Crippen LogP contribution in [-0.2, 0) is 5.41 Å². The van der Waals surface area contributed by atoms with Gasteiger partial charge in [0.25, 0.3) is 0 Å². The second-order valence-corrected chi connectivity index (χ2v) is 8.55. The Bertz CT molecular complexity index is 1130. The summed E-state index contributed by atoms with van der Waals surface area (Å²) in [5.74, 6) is 2.64. The summed E-state index contributed by atoms with van der Waals surface area (Å²) in [4.78, 5) is 0. The first kappa shape index (κ1) is 21.9. The maximum absolute atomic E-state index is 5.91. The number of anilines is 4. The monoisotopic (exact) mass is 440 g/mol. The molecular weight excluding hydrogens is 412 g/mol. The molecule has 0 spiro atoms. The third-order valence-corrected chi connectivity index (χ3v) is 5.53. The first-order chi connectivity index (χ1) is 15.7.